The molecule has 2 rings (SSSR count). The predicted molar refractivity (Wildman–Crippen MR) is 77.4 cm³/mol. The summed E-state index contributed by atoms with van der Waals surface area (Å²) in [5.41, 5.74) is 0.562. The van der Waals surface area contributed by atoms with Gasteiger partial charge in [0.25, 0.3) is 5.91 Å². The summed E-state index contributed by atoms with van der Waals surface area (Å²) in [4.78, 5) is 22.2. The summed E-state index contributed by atoms with van der Waals surface area (Å²) < 4.78 is 5.06. The maximum Gasteiger partial charge on any atom is 0.303 e. The van der Waals surface area contributed by atoms with E-state index in [1.807, 2.05) is 0 Å². The number of phenols is 1. The number of carbonyl (C=O) groups excluding carboxylic acids is 1. The van der Waals surface area contributed by atoms with Gasteiger partial charge >= 0.3 is 5.97 Å². The van der Waals surface area contributed by atoms with Crippen LogP contribution in [0.3, 0.4) is 0 Å². The number of nitrogens with one attached hydrogen (secondary N) is 1. The first-order valence-electron chi connectivity index (χ1n) is 6.83. The first-order chi connectivity index (χ1) is 10.6. The van der Waals surface area contributed by atoms with Crippen LogP contribution < -0.4 is 5.32 Å². The Bertz CT molecular complexity index is 665. The van der Waals surface area contributed by atoms with E-state index in [1.54, 1.807) is 18.2 Å². The zero-order chi connectivity index (χ0) is 15.9. The molecule has 0 saturated carbocycles. The first-order valence-corrected chi connectivity index (χ1v) is 6.83. The van der Waals surface area contributed by atoms with E-state index in [9.17, 15) is 14.7 Å². The Morgan fingerprint density at radius 2 is 2.00 bits per heavy atom. The van der Waals surface area contributed by atoms with Crippen molar-refractivity contribution in [2.45, 2.75) is 19.3 Å². The van der Waals surface area contributed by atoms with E-state index in [-0.39, 0.29) is 17.9 Å². The second-order valence-electron chi connectivity index (χ2n) is 4.70. The largest absolute Gasteiger partial charge is 0.507 e. The summed E-state index contributed by atoms with van der Waals surface area (Å²) in [5.74, 6) is -0.913. The predicted octanol–water partition coefficient (Wildman–Crippen LogP) is 2.03. The number of hydrogen-bond acceptors (Lipinski definition) is 5. The average molecular weight is 304 g/mol. The normalized spacial score (nSPS) is 10.4. The van der Waals surface area contributed by atoms with Gasteiger partial charge in [0.15, 0.2) is 11.5 Å². The lowest BCUT2D eigenvalue weighted by atomic mass is 10.1. The smallest absolute Gasteiger partial charge is 0.303 e. The number of carbonyl (C=O) groups is 2. The molecule has 0 aliphatic rings. The first kappa shape index (κ1) is 15.6. The second kappa shape index (κ2) is 7.26. The molecule has 0 spiro atoms. The minimum atomic E-state index is -0.852. The topological polar surface area (TPSA) is 113 Å². The molecule has 0 unspecified atom stereocenters. The quantitative estimate of drug-likeness (QED) is 0.675. The van der Waals surface area contributed by atoms with Crippen LogP contribution in [0.2, 0.25) is 0 Å². The minimum Gasteiger partial charge on any atom is -0.507 e. The van der Waals surface area contributed by atoms with Crippen molar-refractivity contribution in [2.75, 3.05) is 6.54 Å². The number of rotatable bonds is 7. The van der Waals surface area contributed by atoms with E-state index in [4.69, 9.17) is 9.63 Å². The van der Waals surface area contributed by atoms with Crippen molar-refractivity contribution in [2.24, 2.45) is 0 Å². The number of aromatic hydroxyl groups is 1. The van der Waals surface area contributed by atoms with Crippen LogP contribution in [0.4, 0.5) is 0 Å². The molecule has 1 amide bonds. The molecule has 1 aromatic heterocycles. The van der Waals surface area contributed by atoms with E-state index < -0.39 is 11.9 Å². The minimum absolute atomic E-state index is 0.0410. The zero-order valence-electron chi connectivity index (χ0n) is 11.8. The standard InChI is InChI=1S/C15H16N2O5/c18-12-6-2-1-5-10(12)13-9-11(17-22-13)15(21)16-8-4-3-7-14(19)20/h1-2,5-6,9,18H,3-4,7-8H2,(H,16,21)(H,19,20). The van der Waals surface area contributed by atoms with E-state index in [2.05, 4.69) is 10.5 Å². The van der Waals surface area contributed by atoms with Gasteiger partial charge < -0.3 is 20.1 Å². The second-order valence-corrected chi connectivity index (χ2v) is 4.70. The lowest BCUT2D eigenvalue weighted by Gasteiger charge is -2.01. The van der Waals surface area contributed by atoms with Crippen LogP contribution in [-0.2, 0) is 4.79 Å². The van der Waals surface area contributed by atoms with Gasteiger partial charge in [0.05, 0.1) is 5.56 Å². The molecule has 0 fully saturated rings. The van der Waals surface area contributed by atoms with Crippen LogP contribution in [0.5, 0.6) is 5.75 Å². The number of amides is 1. The van der Waals surface area contributed by atoms with Gasteiger partial charge in [0, 0.05) is 19.0 Å². The fourth-order valence-electron chi connectivity index (χ4n) is 1.88. The third kappa shape index (κ3) is 4.08. The van der Waals surface area contributed by atoms with Gasteiger partial charge in [-0.2, -0.15) is 0 Å². The van der Waals surface area contributed by atoms with Crippen LogP contribution in [0.15, 0.2) is 34.9 Å². The molecule has 7 nitrogen and oxygen atoms in total. The molecular weight excluding hydrogens is 288 g/mol. The van der Waals surface area contributed by atoms with Crippen LogP contribution in [0, 0.1) is 0 Å². The Morgan fingerprint density at radius 1 is 1.23 bits per heavy atom. The Morgan fingerprint density at radius 3 is 2.73 bits per heavy atom. The van der Waals surface area contributed by atoms with E-state index in [0.717, 1.165) is 0 Å². The van der Waals surface area contributed by atoms with Crippen LogP contribution >= 0.6 is 0 Å². The van der Waals surface area contributed by atoms with Gasteiger partial charge in [0.1, 0.15) is 5.75 Å². The molecule has 1 aromatic carbocycles. The van der Waals surface area contributed by atoms with Crippen molar-refractivity contribution >= 4 is 11.9 Å². The summed E-state index contributed by atoms with van der Waals surface area (Å²) >= 11 is 0. The number of para-hydroxylation sites is 1. The number of carboxylic acid groups (broad SMARTS) is 1. The number of nitrogens with zero attached hydrogens (tertiary/aromatic N) is 1. The molecule has 0 aliphatic heterocycles. The summed E-state index contributed by atoms with van der Waals surface area (Å²) in [6.45, 7) is 0.366. The highest BCUT2D eigenvalue weighted by Gasteiger charge is 2.15. The van der Waals surface area contributed by atoms with Crippen molar-refractivity contribution in [1.82, 2.24) is 10.5 Å². The Hall–Kier alpha value is -2.83. The van der Waals surface area contributed by atoms with Crippen LogP contribution in [0.25, 0.3) is 11.3 Å². The molecule has 22 heavy (non-hydrogen) atoms. The van der Waals surface area contributed by atoms with Gasteiger partial charge in [-0.15, -0.1) is 0 Å². The van der Waals surface area contributed by atoms with Crippen molar-refractivity contribution < 1.29 is 24.3 Å². The lowest BCUT2D eigenvalue weighted by Crippen LogP contribution is -2.24. The zero-order valence-corrected chi connectivity index (χ0v) is 11.8. The average Bonchev–Trinajstić information content (AvgIpc) is 2.96. The number of unbranched alkanes of at least 4 members (excludes halogenated alkanes) is 1. The van der Waals surface area contributed by atoms with Gasteiger partial charge in [-0.1, -0.05) is 17.3 Å². The molecular formula is C15H16N2O5. The molecule has 3 N–H and O–H groups in total. The number of carboxylic acids is 1. The lowest BCUT2D eigenvalue weighted by molar-refractivity contribution is -0.137. The SMILES string of the molecule is O=C(O)CCCCNC(=O)c1cc(-c2ccccc2O)on1. The molecule has 0 saturated heterocycles. The Labute approximate surface area is 126 Å². The molecule has 1 heterocycles. The van der Waals surface area contributed by atoms with Gasteiger partial charge in [-0.3, -0.25) is 9.59 Å². The van der Waals surface area contributed by atoms with Gasteiger partial charge in [-0.05, 0) is 25.0 Å². The molecule has 0 atom stereocenters. The van der Waals surface area contributed by atoms with Crippen molar-refractivity contribution in [1.29, 1.82) is 0 Å². The molecule has 116 valence electrons. The summed E-state index contributed by atoms with van der Waals surface area (Å²) in [6, 6.07) is 8.03. The van der Waals surface area contributed by atoms with Gasteiger partial charge in [0.2, 0.25) is 0 Å². The van der Waals surface area contributed by atoms with Gasteiger partial charge in [-0.25, -0.2) is 0 Å². The molecule has 0 radical (unpaired) electrons. The molecule has 7 heteroatoms. The monoisotopic (exact) mass is 304 g/mol. The Balaban J connectivity index is 1.90. The summed E-state index contributed by atoms with van der Waals surface area (Å²) in [5, 5.41) is 24.5. The highest BCUT2D eigenvalue weighted by Crippen LogP contribution is 2.28. The number of hydrogen-bond donors (Lipinski definition) is 3. The molecule has 2 aromatic rings. The molecule has 0 aliphatic carbocycles. The number of aromatic nitrogens is 1. The van der Waals surface area contributed by atoms with Crippen molar-refractivity contribution in [3.63, 3.8) is 0 Å². The van der Waals surface area contributed by atoms with E-state index >= 15 is 0 Å². The van der Waals surface area contributed by atoms with Crippen molar-refractivity contribution in [3.8, 4) is 17.1 Å². The summed E-state index contributed by atoms with van der Waals surface area (Å²) in [7, 11) is 0. The number of aliphatic carboxylic acids is 1. The van der Waals surface area contributed by atoms with E-state index in [0.29, 0.717) is 30.7 Å². The maximum absolute atomic E-state index is 11.9. The van der Waals surface area contributed by atoms with Crippen LogP contribution in [0.1, 0.15) is 29.8 Å². The van der Waals surface area contributed by atoms with Crippen molar-refractivity contribution in [3.05, 3.63) is 36.0 Å². The third-order valence-electron chi connectivity index (χ3n) is 3.02. The third-order valence-corrected chi connectivity index (χ3v) is 3.02. The molecule has 0 bridgehead atoms. The highest BCUT2D eigenvalue weighted by molar-refractivity contribution is 5.93. The Kier molecular flexibility index (Phi) is 5.13. The van der Waals surface area contributed by atoms with E-state index in [1.165, 1.54) is 12.1 Å². The maximum atomic E-state index is 11.9. The highest BCUT2D eigenvalue weighted by atomic mass is 16.5. The fourth-order valence-corrected chi connectivity index (χ4v) is 1.88. The number of benzene rings is 1. The summed E-state index contributed by atoms with van der Waals surface area (Å²) in [6.07, 6.45) is 1.15. The van der Waals surface area contributed by atoms with Crippen LogP contribution in [-0.4, -0.2) is 33.8 Å². The number of phenolic OH excluding ortho intramolecular Hbond substituents is 1. The fraction of sp³-hybridized carbons (Fsp3) is 0.267.